The molecule has 466 valence electrons. The Morgan fingerprint density at radius 3 is 1.18 bits per heavy atom. The van der Waals surface area contributed by atoms with Crippen LogP contribution >= 0.6 is 11.3 Å². The Hall–Kier alpha value is -13.3. The van der Waals surface area contributed by atoms with E-state index in [1.807, 2.05) is 90.2 Å². The smallest absolute Gasteiger partial charge is 0.164 e. The molecule has 10 heteroatoms. The van der Waals surface area contributed by atoms with Crippen molar-refractivity contribution in [3.05, 3.63) is 334 Å². The predicted molar refractivity (Wildman–Crippen MR) is 413 cm³/mol. The number of benzene rings is 14. The maximum absolute atomic E-state index is 5.44. The van der Waals surface area contributed by atoms with E-state index in [0.29, 0.717) is 34.9 Å². The summed E-state index contributed by atoms with van der Waals surface area (Å²) >= 11 is 1.86. The molecule has 6 aromatic heterocycles. The van der Waals surface area contributed by atoms with Gasteiger partial charge in [0.15, 0.2) is 34.9 Å². The average Bonchev–Trinajstić information content (AvgIpc) is 1.57. The first kappa shape index (κ1) is 57.0. The molecule has 0 radical (unpaired) electrons. The second kappa shape index (κ2) is 23.2. The minimum absolute atomic E-state index is 0.573. The molecular formula is C90H55N9S. The van der Waals surface area contributed by atoms with Crippen molar-refractivity contribution >= 4 is 96.9 Å². The lowest BCUT2D eigenvalue weighted by atomic mass is 9.97. The van der Waals surface area contributed by atoms with Gasteiger partial charge in [-0.3, -0.25) is 0 Å². The van der Waals surface area contributed by atoms with Crippen LogP contribution in [0.3, 0.4) is 0 Å². The standard InChI is InChI=1S/C90H55N9S/c1-4-22-56(23-5-1)85-91-86(57-24-6-2-7-25-57)94-89(93-85)62-28-20-29-64(52-62)98-80-50-45-60(53-75(80)76-55-65(48-51-81(76)98)99-78-39-17-12-31-68(78)69-32-13-18-40-79(69)99)66-30-10-11-35-74(66)90-95-87(58-26-8-3-9-27-58)92-88(96-90)59-42-46-63(47-43-59)97-77-38-16-14-33-70(77)71-49-44-61(54-82(71)97)67-36-21-37-73-72-34-15-19-41-83(72)100-84(67)73/h1-55H. The van der Waals surface area contributed by atoms with Crippen LogP contribution in [0.25, 0.3) is 193 Å². The van der Waals surface area contributed by atoms with Crippen LogP contribution in [0.15, 0.2) is 334 Å². The number of hydrogen-bond donors (Lipinski definition) is 0. The van der Waals surface area contributed by atoms with Crippen molar-refractivity contribution in [3.8, 4) is 108 Å². The molecule has 6 heterocycles. The fourth-order valence-electron chi connectivity index (χ4n) is 14.9. The highest BCUT2D eigenvalue weighted by Crippen LogP contribution is 2.45. The zero-order valence-corrected chi connectivity index (χ0v) is 54.5. The van der Waals surface area contributed by atoms with Gasteiger partial charge in [-0.1, -0.05) is 237 Å². The Morgan fingerprint density at radius 2 is 0.570 bits per heavy atom. The highest BCUT2D eigenvalue weighted by Gasteiger charge is 2.23. The second-order valence-electron chi connectivity index (χ2n) is 25.4. The van der Waals surface area contributed by atoms with Crippen LogP contribution in [0.1, 0.15) is 0 Å². The van der Waals surface area contributed by atoms with Crippen LogP contribution < -0.4 is 0 Å². The van der Waals surface area contributed by atoms with Gasteiger partial charge < -0.3 is 13.7 Å². The van der Waals surface area contributed by atoms with Gasteiger partial charge in [-0.2, -0.15) is 0 Å². The Morgan fingerprint density at radius 1 is 0.190 bits per heavy atom. The largest absolute Gasteiger partial charge is 0.309 e. The van der Waals surface area contributed by atoms with Crippen LogP contribution in [0.4, 0.5) is 0 Å². The summed E-state index contributed by atoms with van der Waals surface area (Å²) in [5.41, 5.74) is 19.5. The van der Waals surface area contributed by atoms with E-state index in [1.54, 1.807) is 0 Å². The highest BCUT2D eigenvalue weighted by molar-refractivity contribution is 7.26. The van der Waals surface area contributed by atoms with Crippen molar-refractivity contribution in [2.75, 3.05) is 0 Å². The molecule has 0 amide bonds. The minimum Gasteiger partial charge on any atom is -0.309 e. The van der Waals surface area contributed by atoms with Gasteiger partial charge in [-0.05, 0) is 119 Å². The Balaban J connectivity index is 0.727. The number of thiophene rings is 1. The summed E-state index contributed by atoms with van der Waals surface area (Å²) in [5, 5.41) is 9.59. The predicted octanol–water partition coefficient (Wildman–Crippen LogP) is 23.1. The Bertz CT molecular complexity index is 6540. The van der Waals surface area contributed by atoms with Crippen molar-refractivity contribution < 1.29 is 0 Å². The van der Waals surface area contributed by atoms with E-state index in [9.17, 15) is 0 Å². The summed E-state index contributed by atoms with van der Waals surface area (Å²) in [6.07, 6.45) is 0. The maximum Gasteiger partial charge on any atom is 0.164 e. The van der Waals surface area contributed by atoms with Crippen molar-refractivity contribution in [1.82, 2.24) is 43.6 Å². The molecule has 9 nitrogen and oxygen atoms in total. The molecule has 0 aliphatic rings. The third-order valence-corrected chi connectivity index (χ3v) is 20.8. The quantitative estimate of drug-likeness (QED) is 0.128. The number of aromatic nitrogens is 9. The summed E-state index contributed by atoms with van der Waals surface area (Å²) in [5.74, 6) is 3.55. The maximum atomic E-state index is 5.44. The average molecular weight is 1290 g/mol. The van der Waals surface area contributed by atoms with Gasteiger partial charge in [0.1, 0.15) is 0 Å². The molecule has 0 atom stereocenters. The Kier molecular flexibility index (Phi) is 13.2. The molecule has 0 bridgehead atoms. The van der Waals surface area contributed by atoms with E-state index in [4.69, 9.17) is 29.9 Å². The summed E-state index contributed by atoms with van der Waals surface area (Å²) in [4.78, 5) is 31.4. The first-order valence-corrected chi connectivity index (χ1v) is 34.4. The first-order valence-electron chi connectivity index (χ1n) is 33.6. The number of rotatable bonds is 11. The molecule has 0 N–H and O–H groups in total. The molecule has 0 saturated carbocycles. The summed E-state index contributed by atoms with van der Waals surface area (Å²) in [6, 6.07) is 118. The molecule has 0 spiro atoms. The molecule has 0 unspecified atom stereocenters. The monoisotopic (exact) mass is 1290 g/mol. The van der Waals surface area contributed by atoms with Crippen LogP contribution in [-0.2, 0) is 0 Å². The normalized spacial score (nSPS) is 11.8. The van der Waals surface area contributed by atoms with E-state index in [1.165, 1.54) is 52.8 Å². The van der Waals surface area contributed by atoms with Gasteiger partial charge in [0.2, 0.25) is 0 Å². The molecule has 0 saturated heterocycles. The third-order valence-electron chi connectivity index (χ3n) is 19.6. The molecule has 0 aliphatic carbocycles. The van der Waals surface area contributed by atoms with Gasteiger partial charge in [0, 0.05) is 103 Å². The third kappa shape index (κ3) is 9.45. The zero-order valence-electron chi connectivity index (χ0n) is 53.7. The fraction of sp³-hybridized carbons (Fsp3) is 0. The number of nitrogens with zero attached hydrogens (tertiary/aromatic N) is 9. The van der Waals surface area contributed by atoms with Crippen molar-refractivity contribution in [2.24, 2.45) is 0 Å². The van der Waals surface area contributed by atoms with Crippen molar-refractivity contribution in [1.29, 1.82) is 0 Å². The molecule has 0 aliphatic heterocycles. The van der Waals surface area contributed by atoms with Crippen molar-refractivity contribution in [3.63, 3.8) is 0 Å². The van der Waals surface area contributed by atoms with E-state index >= 15 is 0 Å². The lowest BCUT2D eigenvalue weighted by molar-refractivity contribution is 1.07. The second-order valence-corrected chi connectivity index (χ2v) is 26.4. The number of fused-ring (bicyclic) bond motifs is 12. The Labute approximate surface area is 578 Å². The van der Waals surface area contributed by atoms with E-state index in [-0.39, 0.29) is 0 Å². The van der Waals surface area contributed by atoms with Gasteiger partial charge in [0.05, 0.1) is 33.1 Å². The number of hydrogen-bond acceptors (Lipinski definition) is 7. The SMILES string of the molecule is c1ccc(-c2nc(-c3ccccc3)nc(-c3cccc(-n4c5ccc(-c6ccccc6-c6nc(-c7ccccc7)nc(-c7ccc(-n8c9ccccc9c9ccc(-c%10cccc%11c%10sc%10ccccc%10%11)cc98)cc7)n6)cc5c5cc(-n6c7ccccc7c7ccccc76)ccc54)c3)n2)cc1. The molecule has 20 aromatic rings. The van der Waals surface area contributed by atoms with E-state index in [2.05, 4.69) is 268 Å². The molecular weight excluding hydrogens is 1240 g/mol. The lowest BCUT2D eigenvalue weighted by Gasteiger charge is -2.13. The topological polar surface area (TPSA) is 92.1 Å². The van der Waals surface area contributed by atoms with Gasteiger partial charge in [0.25, 0.3) is 0 Å². The van der Waals surface area contributed by atoms with Gasteiger partial charge >= 0.3 is 0 Å². The van der Waals surface area contributed by atoms with Gasteiger partial charge in [-0.15, -0.1) is 11.3 Å². The minimum atomic E-state index is 0.573. The molecule has 14 aromatic carbocycles. The van der Waals surface area contributed by atoms with E-state index in [0.717, 1.165) is 105 Å². The van der Waals surface area contributed by atoms with E-state index < -0.39 is 0 Å². The summed E-state index contributed by atoms with van der Waals surface area (Å²) < 4.78 is 9.76. The van der Waals surface area contributed by atoms with Crippen LogP contribution in [0.5, 0.6) is 0 Å². The van der Waals surface area contributed by atoms with Crippen LogP contribution in [-0.4, -0.2) is 43.6 Å². The fourth-order valence-corrected chi connectivity index (χ4v) is 16.2. The van der Waals surface area contributed by atoms with Crippen LogP contribution in [0.2, 0.25) is 0 Å². The molecule has 100 heavy (non-hydrogen) atoms. The first-order chi connectivity index (χ1) is 49.6. The number of para-hydroxylation sites is 3. The van der Waals surface area contributed by atoms with Gasteiger partial charge in [-0.25, -0.2) is 29.9 Å². The zero-order chi connectivity index (χ0) is 65.8. The lowest BCUT2D eigenvalue weighted by Crippen LogP contribution is -2.01. The summed E-state index contributed by atoms with van der Waals surface area (Å²) in [7, 11) is 0. The molecule has 20 rings (SSSR count). The van der Waals surface area contributed by atoms with Crippen molar-refractivity contribution in [2.45, 2.75) is 0 Å². The van der Waals surface area contributed by atoms with Crippen LogP contribution in [0, 0.1) is 0 Å². The molecule has 0 fully saturated rings. The summed E-state index contributed by atoms with van der Waals surface area (Å²) in [6.45, 7) is 0. The highest BCUT2D eigenvalue weighted by atomic mass is 32.1.